The molecule has 0 aliphatic rings. The molecule has 0 amide bonds. The van der Waals surface area contributed by atoms with Crippen molar-refractivity contribution in [1.29, 1.82) is 0 Å². The van der Waals surface area contributed by atoms with Crippen molar-refractivity contribution in [3.63, 3.8) is 0 Å². The minimum atomic E-state index is 0.525. The molecule has 0 saturated heterocycles. The molecule has 0 aliphatic heterocycles. The van der Waals surface area contributed by atoms with Gasteiger partial charge >= 0.3 is 0 Å². The van der Waals surface area contributed by atoms with E-state index < -0.39 is 0 Å². The Kier molecular flexibility index (Phi) is 6.70. The molecule has 0 spiro atoms. The fraction of sp³-hybridized carbons (Fsp3) is 0.231. The van der Waals surface area contributed by atoms with Crippen LogP contribution in [0.2, 0.25) is 0 Å². The van der Waals surface area contributed by atoms with Gasteiger partial charge in [0.25, 0.3) is 0 Å². The third kappa shape index (κ3) is 5.46. The van der Waals surface area contributed by atoms with E-state index in [9.17, 15) is 0 Å². The zero-order chi connectivity index (χ0) is 22.3. The van der Waals surface area contributed by atoms with Crippen LogP contribution in [0.25, 0.3) is 11.4 Å². The predicted octanol–water partition coefficient (Wildman–Crippen LogP) is 5.76. The van der Waals surface area contributed by atoms with Crippen LogP contribution in [0.3, 0.4) is 0 Å². The van der Waals surface area contributed by atoms with Crippen LogP contribution in [-0.2, 0) is 6.42 Å². The van der Waals surface area contributed by atoms with Crippen LogP contribution in [-0.4, -0.2) is 26.5 Å². The summed E-state index contributed by atoms with van der Waals surface area (Å²) in [6.45, 7) is 7.15. The number of aryl methyl sites for hydroxylation is 1. The van der Waals surface area contributed by atoms with E-state index in [4.69, 9.17) is 0 Å². The largest absolute Gasteiger partial charge is 0.385 e. The molecule has 4 aromatic rings. The first-order chi connectivity index (χ1) is 15.6. The van der Waals surface area contributed by atoms with Gasteiger partial charge in [-0.05, 0) is 66.8 Å². The highest BCUT2D eigenvalue weighted by Crippen LogP contribution is 2.26. The number of anilines is 3. The van der Waals surface area contributed by atoms with E-state index in [1.807, 2.05) is 25.1 Å². The number of hydrogen-bond acceptors (Lipinski definition) is 6. The van der Waals surface area contributed by atoms with Crippen molar-refractivity contribution >= 4 is 17.2 Å². The lowest BCUT2D eigenvalue weighted by Crippen LogP contribution is -2.06. The van der Waals surface area contributed by atoms with Crippen molar-refractivity contribution in [2.24, 2.45) is 0 Å². The number of rotatable bonds is 8. The van der Waals surface area contributed by atoms with Crippen molar-refractivity contribution in [3.05, 3.63) is 90.1 Å². The molecule has 0 fully saturated rings. The van der Waals surface area contributed by atoms with Gasteiger partial charge in [0.15, 0.2) is 5.82 Å². The van der Waals surface area contributed by atoms with Crippen LogP contribution in [0.5, 0.6) is 0 Å². The molecule has 0 atom stereocenters. The van der Waals surface area contributed by atoms with Crippen molar-refractivity contribution in [1.82, 2.24) is 19.9 Å². The Bertz CT molecular complexity index is 1190. The molecule has 6 nitrogen and oxygen atoms in total. The topological polar surface area (TPSA) is 75.6 Å². The molecule has 162 valence electrons. The third-order valence-corrected chi connectivity index (χ3v) is 5.23. The van der Waals surface area contributed by atoms with Gasteiger partial charge in [-0.2, -0.15) is 0 Å². The van der Waals surface area contributed by atoms with Crippen LogP contribution in [0.15, 0.2) is 73.2 Å². The molecular formula is C26H28N6. The average molecular weight is 425 g/mol. The first kappa shape index (κ1) is 21.4. The Hall–Kier alpha value is -3.80. The lowest BCUT2D eigenvalue weighted by molar-refractivity contribution is 0.866. The summed E-state index contributed by atoms with van der Waals surface area (Å²) >= 11 is 0. The van der Waals surface area contributed by atoms with Gasteiger partial charge in [0.2, 0.25) is 0 Å². The van der Waals surface area contributed by atoms with E-state index in [-0.39, 0.29) is 0 Å². The molecule has 0 unspecified atom stereocenters. The van der Waals surface area contributed by atoms with Gasteiger partial charge in [0.1, 0.15) is 18.0 Å². The van der Waals surface area contributed by atoms with Gasteiger partial charge in [-0.1, -0.05) is 38.1 Å². The number of benzene rings is 2. The van der Waals surface area contributed by atoms with Gasteiger partial charge in [0, 0.05) is 24.1 Å². The zero-order valence-corrected chi connectivity index (χ0v) is 18.7. The monoisotopic (exact) mass is 424 g/mol. The Morgan fingerprint density at radius 2 is 1.72 bits per heavy atom. The molecule has 0 bridgehead atoms. The molecular weight excluding hydrogens is 396 g/mol. The summed E-state index contributed by atoms with van der Waals surface area (Å²) in [5.74, 6) is 2.53. The van der Waals surface area contributed by atoms with Gasteiger partial charge in [-0.25, -0.2) is 19.9 Å². The Morgan fingerprint density at radius 1 is 0.875 bits per heavy atom. The maximum atomic E-state index is 4.51. The van der Waals surface area contributed by atoms with Crippen LogP contribution in [0.1, 0.15) is 36.7 Å². The van der Waals surface area contributed by atoms with Crippen LogP contribution >= 0.6 is 0 Å². The zero-order valence-electron chi connectivity index (χ0n) is 18.7. The van der Waals surface area contributed by atoms with Crippen molar-refractivity contribution < 1.29 is 0 Å². The third-order valence-electron chi connectivity index (χ3n) is 5.23. The van der Waals surface area contributed by atoms with Crippen LogP contribution in [0.4, 0.5) is 17.2 Å². The second-order valence-corrected chi connectivity index (χ2v) is 8.04. The minimum Gasteiger partial charge on any atom is -0.385 e. The minimum absolute atomic E-state index is 0.525. The van der Waals surface area contributed by atoms with E-state index in [2.05, 4.69) is 86.9 Å². The second-order valence-electron chi connectivity index (χ2n) is 8.04. The summed E-state index contributed by atoms with van der Waals surface area (Å²) in [6, 6.07) is 20.9. The normalized spacial score (nSPS) is 10.9. The summed E-state index contributed by atoms with van der Waals surface area (Å²) in [6.07, 6.45) is 4.21. The Labute approximate surface area is 189 Å². The molecule has 0 radical (unpaired) electrons. The first-order valence-electron chi connectivity index (χ1n) is 10.9. The maximum Gasteiger partial charge on any atom is 0.166 e. The fourth-order valence-corrected chi connectivity index (χ4v) is 3.49. The van der Waals surface area contributed by atoms with E-state index in [1.54, 1.807) is 6.20 Å². The molecule has 2 aromatic heterocycles. The maximum absolute atomic E-state index is 4.51. The van der Waals surface area contributed by atoms with Crippen molar-refractivity contribution in [3.8, 4) is 11.4 Å². The number of hydrogen-bond donors (Lipinski definition) is 2. The first-order valence-corrected chi connectivity index (χ1v) is 10.9. The molecule has 0 aliphatic carbocycles. The lowest BCUT2D eigenvalue weighted by Gasteiger charge is -2.12. The smallest absolute Gasteiger partial charge is 0.166 e. The highest BCUT2D eigenvalue weighted by atomic mass is 15.0. The quantitative estimate of drug-likeness (QED) is 0.374. The highest BCUT2D eigenvalue weighted by Gasteiger charge is 2.10. The summed E-state index contributed by atoms with van der Waals surface area (Å²) < 4.78 is 0. The molecule has 2 aromatic carbocycles. The molecule has 4 rings (SSSR count). The summed E-state index contributed by atoms with van der Waals surface area (Å²) in [5, 5.41) is 6.97. The van der Waals surface area contributed by atoms with Crippen LogP contribution < -0.4 is 10.6 Å². The highest BCUT2D eigenvalue weighted by molar-refractivity contribution is 5.74. The number of aromatic nitrogens is 4. The number of nitrogens with zero attached hydrogens (tertiary/aromatic N) is 4. The SMILES string of the molecule is Cc1ncnc(-c2cccnc2Nc2cccc(CCNc3cccc(C(C)C)c3)c2)n1. The van der Waals surface area contributed by atoms with Gasteiger partial charge in [-0.3, -0.25) is 0 Å². The Balaban J connectivity index is 1.44. The molecule has 6 heteroatoms. The molecule has 32 heavy (non-hydrogen) atoms. The van der Waals surface area contributed by atoms with E-state index in [0.29, 0.717) is 17.6 Å². The lowest BCUT2D eigenvalue weighted by atomic mass is 10.0. The molecule has 2 heterocycles. The van der Waals surface area contributed by atoms with Crippen molar-refractivity contribution in [2.45, 2.75) is 33.1 Å². The average Bonchev–Trinajstić information content (AvgIpc) is 2.80. The number of nitrogens with one attached hydrogen (secondary N) is 2. The van der Waals surface area contributed by atoms with Gasteiger partial charge < -0.3 is 10.6 Å². The number of pyridine rings is 1. The molecule has 0 saturated carbocycles. The van der Waals surface area contributed by atoms with Gasteiger partial charge in [0.05, 0.1) is 5.56 Å². The standard InChI is InChI=1S/C26H28N6/c1-18(2)21-8-5-9-22(16-21)27-14-12-20-7-4-10-23(15-20)32-25-24(11-6-13-28-25)26-30-17-29-19(3)31-26/h4-11,13,15-18,27H,12,14H2,1-3H3,(H,28,32). The predicted molar refractivity (Wildman–Crippen MR) is 130 cm³/mol. The summed E-state index contributed by atoms with van der Waals surface area (Å²) in [5.41, 5.74) is 5.58. The summed E-state index contributed by atoms with van der Waals surface area (Å²) in [4.78, 5) is 17.3. The van der Waals surface area contributed by atoms with E-state index >= 15 is 0 Å². The second kappa shape index (κ2) is 10.0. The van der Waals surface area contributed by atoms with Crippen molar-refractivity contribution in [2.75, 3.05) is 17.2 Å². The van der Waals surface area contributed by atoms with E-state index in [1.165, 1.54) is 17.5 Å². The fourth-order valence-electron chi connectivity index (χ4n) is 3.49. The Morgan fingerprint density at radius 3 is 2.56 bits per heavy atom. The van der Waals surface area contributed by atoms with E-state index in [0.717, 1.165) is 35.7 Å². The van der Waals surface area contributed by atoms with Crippen LogP contribution in [0, 0.1) is 6.92 Å². The summed E-state index contributed by atoms with van der Waals surface area (Å²) in [7, 11) is 0. The molecule has 2 N–H and O–H groups in total. The van der Waals surface area contributed by atoms with Gasteiger partial charge in [-0.15, -0.1) is 0 Å².